The summed E-state index contributed by atoms with van der Waals surface area (Å²) in [4.78, 5) is 0. The third-order valence-corrected chi connectivity index (χ3v) is 3.24. The first-order valence-electron chi connectivity index (χ1n) is 5.38. The zero-order chi connectivity index (χ0) is 10.8. The lowest BCUT2D eigenvalue weighted by molar-refractivity contribution is 0.573. The van der Waals surface area contributed by atoms with Crippen LogP contribution in [-0.4, -0.2) is 6.04 Å². The van der Waals surface area contributed by atoms with Crippen molar-refractivity contribution in [2.75, 3.05) is 0 Å². The maximum absolute atomic E-state index is 13.3. The first-order valence-corrected chi connectivity index (χ1v) is 5.75. The second kappa shape index (κ2) is 4.50. The van der Waals surface area contributed by atoms with Crippen molar-refractivity contribution >= 4 is 11.6 Å². The minimum atomic E-state index is -0.180. The highest BCUT2D eigenvalue weighted by Crippen LogP contribution is 2.33. The van der Waals surface area contributed by atoms with E-state index in [1.807, 2.05) is 0 Å². The Labute approximate surface area is 94.6 Å². The average Bonchev–Trinajstić information content (AvgIpc) is 2.98. The highest BCUT2D eigenvalue weighted by Gasteiger charge is 2.34. The summed E-state index contributed by atoms with van der Waals surface area (Å²) in [6.07, 6.45) is 2.42. The number of hydrogen-bond acceptors (Lipinski definition) is 1. The molecule has 1 aromatic carbocycles. The van der Waals surface area contributed by atoms with Crippen molar-refractivity contribution in [2.45, 2.75) is 32.4 Å². The minimum absolute atomic E-state index is 0.180. The van der Waals surface area contributed by atoms with E-state index in [-0.39, 0.29) is 5.82 Å². The van der Waals surface area contributed by atoms with Crippen LogP contribution in [0.1, 0.15) is 25.3 Å². The third-order valence-electron chi connectivity index (χ3n) is 3.01. The molecular weight excluding hydrogens is 213 g/mol. The molecule has 1 aromatic rings. The molecule has 0 radical (unpaired) electrons. The largest absolute Gasteiger partial charge is 0.310 e. The number of nitrogens with one attached hydrogen (secondary N) is 1. The predicted octanol–water partition coefficient (Wildman–Crippen LogP) is 3.37. The van der Waals surface area contributed by atoms with E-state index in [2.05, 4.69) is 12.2 Å². The fourth-order valence-corrected chi connectivity index (χ4v) is 2.06. The summed E-state index contributed by atoms with van der Waals surface area (Å²) in [6.45, 7) is 2.76. The van der Waals surface area contributed by atoms with Gasteiger partial charge in [0.15, 0.2) is 0 Å². The molecule has 1 aliphatic carbocycles. The lowest BCUT2D eigenvalue weighted by Crippen LogP contribution is -2.18. The van der Waals surface area contributed by atoms with Gasteiger partial charge < -0.3 is 5.32 Å². The van der Waals surface area contributed by atoms with E-state index in [9.17, 15) is 4.39 Å². The molecule has 1 N–H and O–H groups in total. The van der Waals surface area contributed by atoms with Gasteiger partial charge in [-0.05, 0) is 30.5 Å². The van der Waals surface area contributed by atoms with Crippen LogP contribution in [0.25, 0.3) is 0 Å². The number of benzene rings is 1. The van der Waals surface area contributed by atoms with Gasteiger partial charge in [0.25, 0.3) is 0 Å². The number of hydrogen-bond donors (Lipinski definition) is 1. The Hall–Kier alpha value is -0.600. The summed E-state index contributed by atoms with van der Waals surface area (Å²) in [5.74, 6) is 0.604. The second-order valence-electron chi connectivity index (χ2n) is 4.13. The van der Waals surface area contributed by atoms with Gasteiger partial charge in [0.2, 0.25) is 0 Å². The zero-order valence-corrected chi connectivity index (χ0v) is 9.52. The van der Waals surface area contributed by atoms with E-state index in [0.29, 0.717) is 23.2 Å². The van der Waals surface area contributed by atoms with Crippen molar-refractivity contribution in [2.24, 2.45) is 5.92 Å². The molecule has 0 aromatic heterocycles. The number of halogens is 2. The Kier molecular flexibility index (Phi) is 3.27. The fourth-order valence-electron chi connectivity index (χ4n) is 1.87. The maximum Gasteiger partial charge on any atom is 0.127 e. The van der Waals surface area contributed by atoms with Gasteiger partial charge in [-0.2, -0.15) is 0 Å². The summed E-state index contributed by atoms with van der Waals surface area (Å²) >= 11 is 5.81. The van der Waals surface area contributed by atoms with Crippen molar-refractivity contribution in [1.82, 2.24) is 5.32 Å². The van der Waals surface area contributed by atoms with E-state index >= 15 is 0 Å². The van der Waals surface area contributed by atoms with E-state index in [1.165, 1.54) is 18.9 Å². The molecule has 0 spiro atoms. The molecule has 3 heteroatoms. The molecule has 1 nitrogen and oxygen atoms in total. The van der Waals surface area contributed by atoms with Gasteiger partial charge in [-0.1, -0.05) is 24.9 Å². The van der Waals surface area contributed by atoms with Gasteiger partial charge in [0.05, 0.1) is 0 Å². The smallest absolute Gasteiger partial charge is 0.127 e. The molecule has 0 amide bonds. The van der Waals surface area contributed by atoms with Crippen molar-refractivity contribution in [1.29, 1.82) is 0 Å². The molecule has 0 heterocycles. The molecule has 1 fully saturated rings. The first-order chi connectivity index (χ1) is 7.20. The SMILES string of the molecule is CCC1CC1NCc1cc(Cl)ccc1F. The quantitative estimate of drug-likeness (QED) is 0.832. The predicted molar refractivity (Wildman–Crippen MR) is 60.4 cm³/mol. The Morgan fingerprint density at radius 3 is 3.00 bits per heavy atom. The van der Waals surface area contributed by atoms with Gasteiger partial charge in [-0.15, -0.1) is 0 Å². The Morgan fingerprint density at radius 2 is 2.33 bits per heavy atom. The Balaban J connectivity index is 1.91. The lowest BCUT2D eigenvalue weighted by Gasteiger charge is -2.05. The molecule has 0 aliphatic heterocycles. The topological polar surface area (TPSA) is 12.0 Å². The van der Waals surface area contributed by atoms with Gasteiger partial charge in [-0.25, -0.2) is 4.39 Å². The van der Waals surface area contributed by atoms with Gasteiger partial charge in [0.1, 0.15) is 5.82 Å². The second-order valence-corrected chi connectivity index (χ2v) is 4.56. The zero-order valence-electron chi connectivity index (χ0n) is 8.76. The van der Waals surface area contributed by atoms with Gasteiger partial charge >= 0.3 is 0 Å². The normalized spacial score (nSPS) is 24.2. The molecule has 82 valence electrons. The van der Waals surface area contributed by atoms with Crippen molar-refractivity contribution in [3.8, 4) is 0 Å². The maximum atomic E-state index is 13.3. The van der Waals surface area contributed by atoms with Crippen LogP contribution < -0.4 is 5.32 Å². The van der Waals surface area contributed by atoms with Crippen molar-refractivity contribution < 1.29 is 4.39 Å². The third kappa shape index (κ3) is 2.70. The Morgan fingerprint density at radius 1 is 1.53 bits per heavy atom. The van der Waals surface area contributed by atoms with Gasteiger partial charge in [-0.3, -0.25) is 0 Å². The monoisotopic (exact) mass is 227 g/mol. The van der Waals surface area contributed by atoms with Crippen LogP contribution in [0.2, 0.25) is 5.02 Å². The molecule has 1 saturated carbocycles. The molecule has 2 atom stereocenters. The van der Waals surface area contributed by atoms with Crippen molar-refractivity contribution in [3.63, 3.8) is 0 Å². The van der Waals surface area contributed by atoms with E-state index in [1.54, 1.807) is 12.1 Å². The highest BCUT2D eigenvalue weighted by atomic mass is 35.5. The molecule has 1 aliphatic rings. The molecule has 0 bridgehead atoms. The molecule has 0 saturated heterocycles. The van der Waals surface area contributed by atoms with Crippen LogP contribution >= 0.6 is 11.6 Å². The van der Waals surface area contributed by atoms with Crippen LogP contribution in [0, 0.1) is 11.7 Å². The number of rotatable bonds is 4. The minimum Gasteiger partial charge on any atom is -0.310 e. The van der Waals surface area contributed by atoms with Crippen LogP contribution in [-0.2, 0) is 6.54 Å². The van der Waals surface area contributed by atoms with E-state index < -0.39 is 0 Å². The van der Waals surface area contributed by atoms with Crippen molar-refractivity contribution in [3.05, 3.63) is 34.6 Å². The van der Waals surface area contributed by atoms with E-state index in [0.717, 1.165) is 5.92 Å². The average molecular weight is 228 g/mol. The molecule has 15 heavy (non-hydrogen) atoms. The summed E-state index contributed by atoms with van der Waals surface area (Å²) in [6, 6.07) is 5.26. The summed E-state index contributed by atoms with van der Waals surface area (Å²) < 4.78 is 13.3. The summed E-state index contributed by atoms with van der Waals surface area (Å²) in [5, 5.41) is 3.94. The first kappa shape index (κ1) is 10.9. The van der Waals surface area contributed by atoms with Crippen LogP contribution in [0.5, 0.6) is 0 Å². The standard InChI is InChI=1S/C12H15ClFN/c1-2-8-6-12(8)15-7-9-5-10(13)3-4-11(9)14/h3-5,8,12,15H,2,6-7H2,1H3. The van der Waals surface area contributed by atoms with Crippen LogP contribution in [0.3, 0.4) is 0 Å². The fraction of sp³-hybridized carbons (Fsp3) is 0.500. The lowest BCUT2D eigenvalue weighted by atomic mass is 10.2. The van der Waals surface area contributed by atoms with Gasteiger partial charge in [0, 0.05) is 23.2 Å². The summed E-state index contributed by atoms with van der Waals surface area (Å²) in [7, 11) is 0. The molecule has 2 rings (SSSR count). The van der Waals surface area contributed by atoms with Crippen LogP contribution in [0.4, 0.5) is 4.39 Å². The van der Waals surface area contributed by atoms with Crippen LogP contribution in [0.15, 0.2) is 18.2 Å². The molecular formula is C12H15ClFN. The highest BCUT2D eigenvalue weighted by molar-refractivity contribution is 6.30. The summed E-state index contributed by atoms with van der Waals surface area (Å²) in [5.41, 5.74) is 0.657. The van der Waals surface area contributed by atoms with E-state index in [4.69, 9.17) is 11.6 Å². The molecule has 2 unspecified atom stereocenters. The Bertz CT molecular complexity index is 353.